The van der Waals surface area contributed by atoms with Crippen molar-refractivity contribution < 1.29 is 19.1 Å². The maximum Gasteiger partial charge on any atom is 0.340 e. The molecule has 8 heteroatoms. The van der Waals surface area contributed by atoms with Gasteiger partial charge in [0.1, 0.15) is 5.75 Å². The van der Waals surface area contributed by atoms with Crippen LogP contribution in [0.2, 0.25) is 0 Å². The van der Waals surface area contributed by atoms with E-state index >= 15 is 0 Å². The molecule has 1 fully saturated rings. The predicted octanol–water partition coefficient (Wildman–Crippen LogP) is 4.18. The van der Waals surface area contributed by atoms with Crippen LogP contribution in [-0.4, -0.2) is 48.9 Å². The molecule has 4 rings (SSSR count). The molecule has 1 saturated heterocycles. The highest BCUT2D eigenvalue weighted by molar-refractivity contribution is 6.02. The number of para-hydroxylation sites is 1. The number of carbonyl (C=O) groups is 2. The van der Waals surface area contributed by atoms with Gasteiger partial charge in [0.2, 0.25) is 5.91 Å². The quantitative estimate of drug-likeness (QED) is 0.529. The molecule has 1 amide bonds. The Hall–Kier alpha value is -3.94. The topological polar surface area (TPSA) is 93.7 Å². The second kappa shape index (κ2) is 10.8. The molecule has 8 nitrogen and oxygen atoms in total. The third kappa shape index (κ3) is 5.33. The number of piperidine rings is 1. The number of amides is 1. The number of rotatable bonds is 7. The van der Waals surface area contributed by atoms with Gasteiger partial charge in [-0.15, -0.1) is 10.2 Å². The number of carbonyl (C=O) groups excluding carboxylic acids is 2. The van der Waals surface area contributed by atoms with Crippen LogP contribution in [0.3, 0.4) is 0 Å². The third-order valence-corrected chi connectivity index (χ3v) is 5.83. The lowest BCUT2D eigenvalue weighted by Crippen LogP contribution is -2.41. The molecule has 1 unspecified atom stereocenters. The van der Waals surface area contributed by atoms with Crippen molar-refractivity contribution in [2.75, 3.05) is 37.0 Å². The zero-order chi connectivity index (χ0) is 23.9. The summed E-state index contributed by atoms with van der Waals surface area (Å²) in [6, 6.07) is 18.4. The summed E-state index contributed by atoms with van der Waals surface area (Å²) in [7, 11) is 1.63. The summed E-state index contributed by atoms with van der Waals surface area (Å²) in [6.45, 7) is 3.36. The van der Waals surface area contributed by atoms with Crippen molar-refractivity contribution in [3.8, 4) is 17.0 Å². The van der Waals surface area contributed by atoms with Crippen LogP contribution in [0.1, 0.15) is 30.1 Å². The molecule has 2 heterocycles. The monoisotopic (exact) mass is 460 g/mol. The summed E-state index contributed by atoms with van der Waals surface area (Å²) in [5, 5.41) is 11.7. The van der Waals surface area contributed by atoms with Gasteiger partial charge in [-0.2, -0.15) is 0 Å². The normalized spacial score (nSPS) is 15.5. The molecule has 0 aliphatic carbocycles. The molecule has 1 aromatic heterocycles. The van der Waals surface area contributed by atoms with E-state index in [2.05, 4.69) is 20.4 Å². The zero-order valence-electron chi connectivity index (χ0n) is 19.4. The Morgan fingerprint density at radius 2 is 1.85 bits per heavy atom. The van der Waals surface area contributed by atoms with Crippen molar-refractivity contribution in [2.24, 2.45) is 5.92 Å². The van der Waals surface area contributed by atoms with Crippen LogP contribution in [0.4, 0.5) is 11.5 Å². The number of hydrogen-bond acceptors (Lipinski definition) is 7. The van der Waals surface area contributed by atoms with Crippen LogP contribution in [0.15, 0.2) is 60.7 Å². The second-order valence-corrected chi connectivity index (χ2v) is 8.05. The Kier molecular flexibility index (Phi) is 7.37. The Morgan fingerprint density at radius 3 is 2.56 bits per heavy atom. The van der Waals surface area contributed by atoms with Gasteiger partial charge < -0.3 is 19.7 Å². The van der Waals surface area contributed by atoms with Crippen LogP contribution >= 0.6 is 0 Å². The molecule has 0 radical (unpaired) electrons. The minimum absolute atomic E-state index is 0.121. The van der Waals surface area contributed by atoms with Crippen molar-refractivity contribution >= 4 is 23.4 Å². The first-order chi connectivity index (χ1) is 16.6. The van der Waals surface area contributed by atoms with Gasteiger partial charge in [-0.05, 0) is 68.3 Å². The number of benzene rings is 2. The lowest BCUT2D eigenvalue weighted by molar-refractivity contribution is -0.120. The SMILES string of the molecule is CCOC(=O)c1ccccc1NC(=O)C1CCCN(c2ccc(-c3ccc(OC)cc3)nn2)C1. The molecule has 176 valence electrons. The number of methoxy groups -OCH3 is 1. The highest BCUT2D eigenvalue weighted by Crippen LogP contribution is 2.26. The van der Waals surface area contributed by atoms with Gasteiger partial charge in [-0.25, -0.2) is 4.79 Å². The summed E-state index contributed by atoms with van der Waals surface area (Å²) in [6.07, 6.45) is 1.63. The first kappa shape index (κ1) is 23.2. The summed E-state index contributed by atoms with van der Waals surface area (Å²) in [4.78, 5) is 27.3. The molecular formula is C26H28N4O4. The Bertz CT molecular complexity index is 1130. The number of esters is 1. The average molecular weight is 461 g/mol. The van der Waals surface area contributed by atoms with Gasteiger partial charge in [0, 0.05) is 18.7 Å². The van der Waals surface area contributed by atoms with Crippen LogP contribution in [0, 0.1) is 5.92 Å². The van der Waals surface area contributed by atoms with Crippen molar-refractivity contribution in [1.29, 1.82) is 0 Å². The Balaban J connectivity index is 1.42. The Labute approximate surface area is 198 Å². The van der Waals surface area contributed by atoms with Crippen LogP contribution in [-0.2, 0) is 9.53 Å². The van der Waals surface area contributed by atoms with Crippen molar-refractivity contribution in [3.63, 3.8) is 0 Å². The van der Waals surface area contributed by atoms with Crippen LogP contribution in [0.25, 0.3) is 11.3 Å². The maximum atomic E-state index is 13.0. The predicted molar refractivity (Wildman–Crippen MR) is 130 cm³/mol. The fourth-order valence-corrected chi connectivity index (χ4v) is 4.02. The Morgan fingerprint density at radius 1 is 1.06 bits per heavy atom. The minimum Gasteiger partial charge on any atom is -0.497 e. The fraction of sp³-hybridized carbons (Fsp3) is 0.308. The lowest BCUT2D eigenvalue weighted by atomic mass is 9.96. The molecule has 2 aromatic carbocycles. The third-order valence-electron chi connectivity index (χ3n) is 5.83. The zero-order valence-corrected chi connectivity index (χ0v) is 19.4. The summed E-state index contributed by atoms with van der Waals surface area (Å²) in [5.74, 6) is 0.727. The van der Waals surface area contributed by atoms with Crippen LogP contribution in [0.5, 0.6) is 5.75 Å². The van der Waals surface area contributed by atoms with E-state index < -0.39 is 5.97 Å². The van der Waals surface area contributed by atoms with E-state index in [9.17, 15) is 9.59 Å². The first-order valence-electron chi connectivity index (χ1n) is 11.4. The molecule has 0 saturated carbocycles. The highest BCUT2D eigenvalue weighted by atomic mass is 16.5. The van der Waals surface area contributed by atoms with E-state index in [4.69, 9.17) is 9.47 Å². The number of aromatic nitrogens is 2. The maximum absolute atomic E-state index is 13.0. The molecule has 1 aliphatic rings. The number of hydrogen-bond donors (Lipinski definition) is 1. The van der Waals surface area contributed by atoms with Crippen molar-refractivity contribution in [2.45, 2.75) is 19.8 Å². The molecule has 0 bridgehead atoms. The smallest absolute Gasteiger partial charge is 0.340 e. The number of anilines is 2. The van der Waals surface area contributed by atoms with Crippen molar-refractivity contribution in [3.05, 3.63) is 66.2 Å². The molecule has 1 N–H and O–H groups in total. The van der Waals surface area contributed by atoms with Gasteiger partial charge in [-0.3, -0.25) is 4.79 Å². The van der Waals surface area contributed by atoms with E-state index in [0.29, 0.717) is 17.8 Å². The minimum atomic E-state index is -0.448. The standard InChI is InChI=1S/C26H28N4O4/c1-3-34-26(32)21-8-4-5-9-23(21)27-25(31)19-7-6-16-30(17-19)24-15-14-22(28-29-24)18-10-12-20(33-2)13-11-18/h4-5,8-15,19H,3,6-7,16-17H2,1-2H3,(H,27,31). The van der Waals surface area contributed by atoms with Crippen molar-refractivity contribution in [1.82, 2.24) is 10.2 Å². The van der Waals surface area contributed by atoms with Gasteiger partial charge in [-0.1, -0.05) is 12.1 Å². The molecule has 1 aliphatic heterocycles. The van der Waals surface area contributed by atoms with Gasteiger partial charge in [0.25, 0.3) is 0 Å². The second-order valence-electron chi connectivity index (χ2n) is 8.05. The fourth-order valence-electron chi connectivity index (χ4n) is 4.02. The molecule has 34 heavy (non-hydrogen) atoms. The number of nitrogens with zero attached hydrogens (tertiary/aromatic N) is 3. The van der Waals surface area contributed by atoms with Gasteiger partial charge in [0.05, 0.1) is 36.6 Å². The van der Waals surface area contributed by atoms with Crippen LogP contribution < -0.4 is 15.0 Å². The summed E-state index contributed by atoms with van der Waals surface area (Å²) >= 11 is 0. The first-order valence-corrected chi connectivity index (χ1v) is 11.4. The molecular weight excluding hydrogens is 432 g/mol. The average Bonchev–Trinajstić information content (AvgIpc) is 2.89. The van der Waals surface area contributed by atoms with Gasteiger partial charge in [0.15, 0.2) is 5.82 Å². The van der Waals surface area contributed by atoms with Gasteiger partial charge >= 0.3 is 5.97 Å². The summed E-state index contributed by atoms with van der Waals surface area (Å²) in [5.41, 5.74) is 2.54. The lowest BCUT2D eigenvalue weighted by Gasteiger charge is -2.32. The number of nitrogens with one attached hydrogen (secondary N) is 1. The van der Waals surface area contributed by atoms with E-state index in [1.807, 2.05) is 36.4 Å². The number of ether oxygens (including phenoxy) is 2. The van der Waals surface area contributed by atoms with E-state index in [-0.39, 0.29) is 18.4 Å². The van der Waals surface area contributed by atoms with E-state index in [1.165, 1.54) is 0 Å². The highest BCUT2D eigenvalue weighted by Gasteiger charge is 2.27. The summed E-state index contributed by atoms with van der Waals surface area (Å²) < 4.78 is 10.3. The molecule has 1 atom stereocenters. The largest absolute Gasteiger partial charge is 0.497 e. The molecule has 0 spiro atoms. The molecule has 3 aromatic rings. The van der Waals surface area contributed by atoms with E-state index in [1.54, 1.807) is 38.3 Å². The van der Waals surface area contributed by atoms with E-state index in [0.717, 1.165) is 42.2 Å².